The molecule has 0 amide bonds. The first-order chi connectivity index (χ1) is 9.61. The molecule has 1 saturated heterocycles. The van der Waals surface area contributed by atoms with Crippen LogP contribution in [-0.4, -0.2) is 49.8 Å². The molecule has 3 heterocycles. The molecule has 7 nitrogen and oxygen atoms in total. The number of rotatable bonds is 2. The van der Waals surface area contributed by atoms with Crippen LogP contribution in [0.25, 0.3) is 5.95 Å². The van der Waals surface area contributed by atoms with E-state index < -0.39 is 0 Å². The van der Waals surface area contributed by atoms with Gasteiger partial charge in [0.1, 0.15) is 6.33 Å². The van der Waals surface area contributed by atoms with Crippen LogP contribution in [0.3, 0.4) is 0 Å². The summed E-state index contributed by atoms with van der Waals surface area (Å²) in [6.07, 6.45) is 5.31. The van der Waals surface area contributed by atoms with Gasteiger partial charge in [0.15, 0.2) is 0 Å². The molecular weight excluding hydrogens is 280 g/mol. The normalized spacial score (nSPS) is 23.1. The maximum absolute atomic E-state index is 6.01. The van der Waals surface area contributed by atoms with Crippen LogP contribution in [0.5, 0.6) is 0 Å². The molecule has 2 atom stereocenters. The molecule has 20 heavy (non-hydrogen) atoms. The van der Waals surface area contributed by atoms with E-state index >= 15 is 0 Å². The summed E-state index contributed by atoms with van der Waals surface area (Å²) in [5, 5.41) is 0.172. The summed E-state index contributed by atoms with van der Waals surface area (Å²) in [6, 6.07) is 0. The number of imidazole rings is 1. The highest BCUT2D eigenvalue weighted by molar-refractivity contribution is 6.28. The van der Waals surface area contributed by atoms with Gasteiger partial charge >= 0.3 is 0 Å². The highest BCUT2D eigenvalue weighted by atomic mass is 35.5. The minimum absolute atomic E-state index is 0.131. The summed E-state index contributed by atoms with van der Waals surface area (Å²) in [4.78, 5) is 18.8. The van der Waals surface area contributed by atoms with Crippen molar-refractivity contribution in [3.8, 4) is 5.95 Å². The Morgan fingerprint density at radius 2 is 1.85 bits per heavy atom. The number of hydrogen-bond donors (Lipinski definition) is 0. The first kappa shape index (κ1) is 13.3. The monoisotopic (exact) mass is 294 g/mol. The minimum atomic E-state index is 0.131. The van der Waals surface area contributed by atoms with Gasteiger partial charge in [-0.15, -0.1) is 0 Å². The number of hydrogen-bond acceptors (Lipinski definition) is 6. The molecular formula is C12H15ClN6O. The van der Waals surface area contributed by atoms with Crippen LogP contribution in [0.2, 0.25) is 5.28 Å². The second-order valence-electron chi connectivity index (χ2n) is 4.84. The molecule has 0 aromatic carbocycles. The summed E-state index contributed by atoms with van der Waals surface area (Å²) in [5.41, 5.74) is 0. The average Bonchev–Trinajstić information content (AvgIpc) is 2.90. The predicted octanol–water partition coefficient (Wildman–Crippen LogP) is 1.32. The van der Waals surface area contributed by atoms with Crippen LogP contribution in [0.1, 0.15) is 13.8 Å². The first-order valence-electron chi connectivity index (χ1n) is 6.42. The third-order valence-electron chi connectivity index (χ3n) is 3.02. The smallest absolute Gasteiger partial charge is 0.241 e. The van der Waals surface area contributed by atoms with Gasteiger partial charge in [0.2, 0.25) is 17.2 Å². The fourth-order valence-electron chi connectivity index (χ4n) is 2.30. The Bertz CT molecular complexity index is 580. The second kappa shape index (κ2) is 5.34. The van der Waals surface area contributed by atoms with Crippen molar-refractivity contribution >= 4 is 17.5 Å². The molecule has 2 aromatic heterocycles. The molecule has 3 rings (SSSR count). The van der Waals surface area contributed by atoms with Gasteiger partial charge in [-0.2, -0.15) is 15.0 Å². The van der Waals surface area contributed by atoms with Crippen molar-refractivity contribution in [2.45, 2.75) is 26.1 Å². The summed E-state index contributed by atoms with van der Waals surface area (Å²) < 4.78 is 7.41. The third-order valence-corrected chi connectivity index (χ3v) is 3.19. The van der Waals surface area contributed by atoms with E-state index in [9.17, 15) is 0 Å². The topological polar surface area (TPSA) is 69.0 Å². The molecule has 0 spiro atoms. The lowest BCUT2D eigenvalue weighted by Crippen LogP contribution is -2.46. The van der Waals surface area contributed by atoms with Gasteiger partial charge in [0.25, 0.3) is 0 Å². The molecule has 0 N–H and O–H groups in total. The maximum atomic E-state index is 6.01. The molecule has 0 saturated carbocycles. The van der Waals surface area contributed by atoms with E-state index in [0.717, 1.165) is 13.1 Å². The van der Waals surface area contributed by atoms with Crippen molar-refractivity contribution in [1.29, 1.82) is 0 Å². The van der Waals surface area contributed by atoms with E-state index in [4.69, 9.17) is 16.3 Å². The fraction of sp³-hybridized carbons (Fsp3) is 0.500. The van der Waals surface area contributed by atoms with E-state index in [1.165, 1.54) is 0 Å². The summed E-state index contributed by atoms with van der Waals surface area (Å²) in [5.74, 6) is 1.03. The Hall–Kier alpha value is -1.73. The van der Waals surface area contributed by atoms with E-state index in [2.05, 4.69) is 24.8 Å². The molecule has 0 bridgehead atoms. The largest absolute Gasteiger partial charge is 0.372 e. The van der Waals surface area contributed by atoms with Gasteiger partial charge in [-0.3, -0.25) is 4.57 Å². The van der Waals surface area contributed by atoms with Gasteiger partial charge in [-0.05, 0) is 25.4 Å². The van der Waals surface area contributed by atoms with Crippen LogP contribution in [0, 0.1) is 0 Å². The lowest BCUT2D eigenvalue weighted by atomic mass is 10.2. The van der Waals surface area contributed by atoms with Gasteiger partial charge in [-0.1, -0.05) is 0 Å². The predicted molar refractivity (Wildman–Crippen MR) is 74.2 cm³/mol. The highest BCUT2D eigenvalue weighted by Gasteiger charge is 2.25. The second-order valence-corrected chi connectivity index (χ2v) is 5.17. The number of anilines is 1. The quantitative estimate of drug-likeness (QED) is 0.832. The molecule has 1 aliphatic rings. The number of morpholine rings is 1. The molecule has 0 radical (unpaired) electrons. The zero-order chi connectivity index (χ0) is 14.1. The lowest BCUT2D eigenvalue weighted by Gasteiger charge is -2.35. The molecule has 2 aromatic rings. The Kier molecular flexibility index (Phi) is 3.54. The number of aromatic nitrogens is 5. The molecule has 0 aliphatic carbocycles. The van der Waals surface area contributed by atoms with E-state index in [1.54, 1.807) is 23.3 Å². The Labute approximate surface area is 121 Å². The van der Waals surface area contributed by atoms with Gasteiger partial charge in [-0.25, -0.2) is 4.98 Å². The van der Waals surface area contributed by atoms with Crippen molar-refractivity contribution in [3.63, 3.8) is 0 Å². The fourth-order valence-corrected chi connectivity index (χ4v) is 2.46. The Morgan fingerprint density at radius 1 is 1.15 bits per heavy atom. The zero-order valence-electron chi connectivity index (χ0n) is 11.3. The molecule has 2 unspecified atom stereocenters. The Morgan fingerprint density at radius 3 is 2.50 bits per heavy atom. The van der Waals surface area contributed by atoms with Crippen molar-refractivity contribution in [1.82, 2.24) is 24.5 Å². The van der Waals surface area contributed by atoms with E-state index in [0.29, 0.717) is 11.9 Å². The Balaban J connectivity index is 1.93. The van der Waals surface area contributed by atoms with Crippen LogP contribution in [0.4, 0.5) is 5.95 Å². The van der Waals surface area contributed by atoms with Crippen LogP contribution >= 0.6 is 11.6 Å². The van der Waals surface area contributed by atoms with Gasteiger partial charge < -0.3 is 9.64 Å². The van der Waals surface area contributed by atoms with Gasteiger partial charge in [0, 0.05) is 25.5 Å². The van der Waals surface area contributed by atoms with Gasteiger partial charge in [0.05, 0.1) is 12.2 Å². The maximum Gasteiger partial charge on any atom is 0.241 e. The molecule has 1 fully saturated rings. The molecule has 8 heteroatoms. The first-order valence-corrected chi connectivity index (χ1v) is 6.80. The third kappa shape index (κ3) is 2.73. The number of halogens is 1. The van der Waals surface area contributed by atoms with Crippen molar-refractivity contribution in [2.24, 2.45) is 0 Å². The summed E-state index contributed by atoms with van der Waals surface area (Å²) in [7, 11) is 0. The van der Waals surface area contributed by atoms with Crippen molar-refractivity contribution in [2.75, 3.05) is 18.0 Å². The van der Waals surface area contributed by atoms with Crippen molar-refractivity contribution < 1.29 is 4.74 Å². The SMILES string of the molecule is CC1CN(c2nc(Cl)nc(-n3ccnc3)n2)CC(C)O1. The number of nitrogens with zero attached hydrogens (tertiary/aromatic N) is 6. The minimum Gasteiger partial charge on any atom is -0.372 e. The van der Waals surface area contributed by atoms with E-state index in [-0.39, 0.29) is 17.5 Å². The van der Waals surface area contributed by atoms with Crippen molar-refractivity contribution in [3.05, 3.63) is 24.0 Å². The molecule has 1 aliphatic heterocycles. The average molecular weight is 295 g/mol. The standard InChI is InChI=1S/C12H15ClN6O/c1-8-5-19(6-9(2)20-8)12-16-10(13)15-11(17-12)18-4-3-14-7-18/h3-4,7-9H,5-6H2,1-2H3. The highest BCUT2D eigenvalue weighted by Crippen LogP contribution is 2.18. The summed E-state index contributed by atoms with van der Waals surface area (Å²) >= 11 is 6.01. The zero-order valence-corrected chi connectivity index (χ0v) is 12.0. The van der Waals surface area contributed by atoms with E-state index in [1.807, 2.05) is 13.8 Å². The molecule has 106 valence electrons. The number of ether oxygens (including phenoxy) is 1. The van der Waals surface area contributed by atoms with Crippen LogP contribution < -0.4 is 4.90 Å². The van der Waals surface area contributed by atoms with Crippen LogP contribution in [-0.2, 0) is 4.74 Å². The van der Waals surface area contributed by atoms with Crippen LogP contribution in [0.15, 0.2) is 18.7 Å². The lowest BCUT2D eigenvalue weighted by molar-refractivity contribution is -0.00573. The summed E-state index contributed by atoms with van der Waals surface area (Å²) in [6.45, 7) is 5.52.